The molecule has 2 aromatic rings. The van der Waals surface area contributed by atoms with Gasteiger partial charge in [-0.15, -0.1) is 0 Å². The van der Waals surface area contributed by atoms with Gasteiger partial charge in [-0.1, -0.05) is 35.9 Å². The molecule has 0 aromatic heterocycles. The number of anilines is 1. The maximum Gasteiger partial charge on any atom is 0.261 e. The number of aryl methyl sites for hydroxylation is 1. The number of hydrogen-bond donors (Lipinski definition) is 1. The highest BCUT2D eigenvalue weighted by atomic mass is 32.2. The summed E-state index contributed by atoms with van der Waals surface area (Å²) in [5, 5.41) is 0. The van der Waals surface area contributed by atoms with Gasteiger partial charge >= 0.3 is 0 Å². The topological polar surface area (TPSA) is 63.2 Å². The highest BCUT2D eigenvalue weighted by molar-refractivity contribution is 7.92. The number of sulfonamides is 1. The van der Waals surface area contributed by atoms with E-state index >= 15 is 0 Å². The van der Waals surface area contributed by atoms with Crippen LogP contribution in [0.1, 0.15) is 18.1 Å². The number of ketones is 1. The van der Waals surface area contributed by atoms with Gasteiger partial charge in [-0.25, -0.2) is 8.42 Å². The summed E-state index contributed by atoms with van der Waals surface area (Å²) in [6.45, 7) is 3.33. The first-order valence-corrected chi connectivity index (χ1v) is 8.24. The van der Waals surface area contributed by atoms with Crippen LogP contribution in [0.25, 0.3) is 6.08 Å². The molecule has 4 nitrogen and oxygen atoms in total. The number of carbonyl (C=O) groups excluding carboxylic acids is 1. The van der Waals surface area contributed by atoms with Gasteiger partial charge in [-0.3, -0.25) is 9.52 Å². The summed E-state index contributed by atoms with van der Waals surface area (Å²) < 4.78 is 27.4. The van der Waals surface area contributed by atoms with Gasteiger partial charge in [-0.05, 0) is 49.8 Å². The van der Waals surface area contributed by atoms with Crippen LogP contribution in [0, 0.1) is 6.92 Å². The molecular formula is C17H17NO3S. The molecule has 0 aliphatic rings. The number of rotatable bonds is 5. The van der Waals surface area contributed by atoms with Gasteiger partial charge in [0.25, 0.3) is 10.0 Å². The third-order valence-corrected chi connectivity index (χ3v) is 4.42. The lowest BCUT2D eigenvalue weighted by Crippen LogP contribution is -2.13. The van der Waals surface area contributed by atoms with E-state index in [2.05, 4.69) is 4.72 Å². The van der Waals surface area contributed by atoms with Gasteiger partial charge < -0.3 is 0 Å². The predicted octanol–water partition coefficient (Wildman–Crippen LogP) is 3.40. The molecule has 0 unspecified atom stereocenters. The normalized spacial score (nSPS) is 11.5. The minimum atomic E-state index is -3.66. The first-order chi connectivity index (χ1) is 10.4. The zero-order chi connectivity index (χ0) is 16.2. The zero-order valence-electron chi connectivity index (χ0n) is 12.4. The predicted molar refractivity (Wildman–Crippen MR) is 88.1 cm³/mol. The Bertz CT molecular complexity index is 806. The summed E-state index contributed by atoms with van der Waals surface area (Å²) in [6.07, 6.45) is 2.99. The molecule has 0 heterocycles. The van der Waals surface area contributed by atoms with E-state index in [0.29, 0.717) is 11.3 Å². The van der Waals surface area contributed by atoms with Crippen LogP contribution in [0.15, 0.2) is 59.5 Å². The van der Waals surface area contributed by atoms with E-state index in [1.54, 1.807) is 54.6 Å². The number of para-hydroxylation sites is 1. The molecule has 0 radical (unpaired) electrons. The molecule has 0 aliphatic carbocycles. The van der Waals surface area contributed by atoms with E-state index in [4.69, 9.17) is 0 Å². The number of allylic oxidation sites excluding steroid dienone is 1. The fraction of sp³-hybridized carbons (Fsp3) is 0.118. The van der Waals surface area contributed by atoms with Crippen molar-refractivity contribution in [2.45, 2.75) is 18.7 Å². The van der Waals surface area contributed by atoms with Crippen molar-refractivity contribution in [1.82, 2.24) is 0 Å². The van der Waals surface area contributed by atoms with Crippen LogP contribution in [0.2, 0.25) is 0 Å². The van der Waals surface area contributed by atoms with Crippen LogP contribution in [0.5, 0.6) is 0 Å². The van der Waals surface area contributed by atoms with Gasteiger partial charge in [0.1, 0.15) is 0 Å². The lowest BCUT2D eigenvalue weighted by Gasteiger charge is -2.11. The van der Waals surface area contributed by atoms with Gasteiger partial charge in [0, 0.05) is 0 Å². The molecule has 0 saturated heterocycles. The van der Waals surface area contributed by atoms with Crippen molar-refractivity contribution < 1.29 is 13.2 Å². The molecule has 0 aliphatic heterocycles. The van der Waals surface area contributed by atoms with Crippen molar-refractivity contribution in [3.8, 4) is 0 Å². The molecule has 1 N–H and O–H groups in total. The third-order valence-electron chi connectivity index (χ3n) is 3.03. The highest BCUT2D eigenvalue weighted by Gasteiger charge is 2.14. The molecule has 5 heteroatoms. The molecule has 0 spiro atoms. The summed E-state index contributed by atoms with van der Waals surface area (Å²) in [7, 11) is -3.66. The van der Waals surface area contributed by atoms with E-state index in [-0.39, 0.29) is 10.7 Å². The average Bonchev–Trinajstić information content (AvgIpc) is 2.46. The second kappa shape index (κ2) is 6.58. The molecule has 0 bridgehead atoms. The quantitative estimate of drug-likeness (QED) is 0.860. The third kappa shape index (κ3) is 4.05. The molecule has 114 valence electrons. The highest BCUT2D eigenvalue weighted by Crippen LogP contribution is 2.21. The monoisotopic (exact) mass is 315 g/mol. The minimum absolute atomic E-state index is 0.101. The first-order valence-electron chi connectivity index (χ1n) is 6.76. The van der Waals surface area contributed by atoms with E-state index in [1.165, 1.54) is 13.0 Å². The number of nitrogens with one attached hydrogen (secondary N) is 1. The first kappa shape index (κ1) is 16.0. The van der Waals surface area contributed by atoms with Crippen molar-refractivity contribution >= 4 is 27.6 Å². The summed E-state index contributed by atoms with van der Waals surface area (Å²) in [5.41, 5.74) is 2.05. The summed E-state index contributed by atoms with van der Waals surface area (Å²) in [4.78, 5) is 11.2. The maximum atomic E-state index is 12.4. The molecule has 0 fully saturated rings. The average molecular weight is 315 g/mol. The van der Waals surface area contributed by atoms with Crippen molar-refractivity contribution in [2.75, 3.05) is 4.72 Å². The fourth-order valence-corrected chi connectivity index (χ4v) is 2.95. The Morgan fingerprint density at radius 2 is 1.68 bits per heavy atom. The van der Waals surface area contributed by atoms with Crippen LogP contribution in [-0.2, 0) is 14.8 Å². The Morgan fingerprint density at radius 3 is 2.32 bits per heavy atom. The number of benzene rings is 2. The van der Waals surface area contributed by atoms with Crippen LogP contribution in [0.3, 0.4) is 0 Å². The van der Waals surface area contributed by atoms with Gasteiger partial charge in [0.2, 0.25) is 0 Å². The van der Waals surface area contributed by atoms with Crippen molar-refractivity contribution in [2.24, 2.45) is 0 Å². The molecule has 0 saturated carbocycles. The van der Waals surface area contributed by atoms with E-state index in [9.17, 15) is 13.2 Å². The number of hydrogen-bond acceptors (Lipinski definition) is 3. The number of carbonyl (C=O) groups is 1. The summed E-state index contributed by atoms with van der Waals surface area (Å²) in [6, 6.07) is 13.5. The molecule has 2 rings (SSSR count). The molecule has 22 heavy (non-hydrogen) atoms. The molecule has 0 amide bonds. The molecule has 2 aromatic carbocycles. The van der Waals surface area contributed by atoms with E-state index in [1.807, 2.05) is 6.92 Å². The Labute approximate surface area is 130 Å². The lowest BCUT2D eigenvalue weighted by molar-refractivity contribution is -0.112. The SMILES string of the molecule is CC(=O)C=Cc1ccccc1NS(=O)(=O)c1ccc(C)cc1. The molecule has 0 atom stereocenters. The van der Waals surface area contributed by atoms with E-state index in [0.717, 1.165) is 5.56 Å². The van der Waals surface area contributed by atoms with Crippen molar-refractivity contribution in [1.29, 1.82) is 0 Å². The van der Waals surface area contributed by atoms with E-state index < -0.39 is 10.0 Å². The maximum absolute atomic E-state index is 12.4. The standard InChI is InChI=1S/C17H17NO3S/c1-13-7-11-16(12-8-13)22(20,21)18-17-6-4-3-5-15(17)10-9-14(2)19/h3-12,18H,1-2H3. The van der Waals surface area contributed by atoms with Crippen LogP contribution >= 0.6 is 0 Å². The summed E-state index contributed by atoms with van der Waals surface area (Å²) >= 11 is 0. The van der Waals surface area contributed by atoms with Gasteiger partial charge in [0.15, 0.2) is 5.78 Å². The minimum Gasteiger partial charge on any atom is -0.295 e. The largest absolute Gasteiger partial charge is 0.295 e. The lowest BCUT2D eigenvalue weighted by atomic mass is 10.1. The van der Waals surface area contributed by atoms with Crippen LogP contribution in [0.4, 0.5) is 5.69 Å². The smallest absolute Gasteiger partial charge is 0.261 e. The summed E-state index contributed by atoms with van der Waals surface area (Å²) in [5.74, 6) is -0.101. The van der Waals surface area contributed by atoms with Crippen LogP contribution in [-0.4, -0.2) is 14.2 Å². The second-order valence-electron chi connectivity index (χ2n) is 4.95. The Kier molecular flexibility index (Phi) is 4.78. The fourth-order valence-electron chi connectivity index (χ4n) is 1.86. The second-order valence-corrected chi connectivity index (χ2v) is 6.63. The Hall–Kier alpha value is -2.40. The van der Waals surface area contributed by atoms with Gasteiger partial charge in [-0.2, -0.15) is 0 Å². The van der Waals surface area contributed by atoms with Crippen molar-refractivity contribution in [3.63, 3.8) is 0 Å². The van der Waals surface area contributed by atoms with Gasteiger partial charge in [0.05, 0.1) is 10.6 Å². The Morgan fingerprint density at radius 1 is 1.05 bits per heavy atom. The van der Waals surface area contributed by atoms with Crippen LogP contribution < -0.4 is 4.72 Å². The molecular weight excluding hydrogens is 298 g/mol. The van der Waals surface area contributed by atoms with Crippen molar-refractivity contribution in [3.05, 3.63) is 65.7 Å². The zero-order valence-corrected chi connectivity index (χ0v) is 13.2. The Balaban J connectivity index is 2.34.